The van der Waals surface area contributed by atoms with E-state index < -0.39 is 0 Å². The Morgan fingerprint density at radius 2 is 2.08 bits per heavy atom. The van der Waals surface area contributed by atoms with Crippen LogP contribution in [-0.4, -0.2) is 34.1 Å². The molecule has 1 aliphatic carbocycles. The number of hydrogen-bond donors (Lipinski definition) is 0. The molecule has 3 heterocycles. The molecule has 2 aromatic rings. The highest BCUT2D eigenvalue weighted by molar-refractivity contribution is 5.86. The predicted octanol–water partition coefficient (Wildman–Crippen LogP) is 2.79. The molecule has 1 aromatic heterocycles. The van der Waals surface area contributed by atoms with Gasteiger partial charge in [-0.3, -0.25) is 4.79 Å². The molecular formula is C18H19N3O3. The van der Waals surface area contributed by atoms with E-state index in [1.54, 1.807) is 0 Å². The summed E-state index contributed by atoms with van der Waals surface area (Å²) in [5, 5.41) is 4.15. The fourth-order valence-electron chi connectivity index (χ4n) is 3.74. The molecule has 3 aliphatic rings. The van der Waals surface area contributed by atoms with E-state index in [0.29, 0.717) is 18.3 Å². The second-order valence-electron chi connectivity index (χ2n) is 6.86. The van der Waals surface area contributed by atoms with Crippen LogP contribution in [0.25, 0.3) is 0 Å². The summed E-state index contributed by atoms with van der Waals surface area (Å²) in [6, 6.07) is 7.72. The van der Waals surface area contributed by atoms with Gasteiger partial charge in [0.2, 0.25) is 11.8 Å². The number of amides is 1. The Morgan fingerprint density at radius 3 is 2.96 bits per heavy atom. The van der Waals surface area contributed by atoms with Crippen molar-refractivity contribution in [2.45, 2.75) is 43.6 Å². The van der Waals surface area contributed by atoms with Gasteiger partial charge in [-0.2, -0.15) is 4.98 Å². The van der Waals surface area contributed by atoms with Gasteiger partial charge in [0.1, 0.15) is 18.3 Å². The van der Waals surface area contributed by atoms with E-state index in [-0.39, 0.29) is 17.9 Å². The maximum atomic E-state index is 13.1. The molecule has 24 heavy (non-hydrogen) atoms. The molecule has 2 aliphatic heterocycles. The third-order valence-corrected chi connectivity index (χ3v) is 5.22. The second-order valence-corrected chi connectivity index (χ2v) is 6.86. The topological polar surface area (TPSA) is 68.5 Å². The summed E-state index contributed by atoms with van der Waals surface area (Å²) in [6.07, 6.45) is 4.12. The quantitative estimate of drug-likeness (QED) is 0.868. The molecule has 1 saturated heterocycles. The van der Waals surface area contributed by atoms with Gasteiger partial charge in [0, 0.05) is 18.0 Å². The number of hydrogen-bond acceptors (Lipinski definition) is 5. The number of benzene rings is 1. The molecule has 1 amide bonds. The highest BCUT2D eigenvalue weighted by atomic mass is 16.5. The minimum absolute atomic E-state index is 0.0680. The third-order valence-electron chi connectivity index (χ3n) is 5.22. The van der Waals surface area contributed by atoms with Crippen molar-refractivity contribution in [1.82, 2.24) is 15.0 Å². The van der Waals surface area contributed by atoms with Crippen LogP contribution >= 0.6 is 0 Å². The average Bonchev–Trinajstić information content (AvgIpc) is 3.06. The molecule has 1 saturated carbocycles. The van der Waals surface area contributed by atoms with Crippen LogP contribution in [0.4, 0.5) is 0 Å². The van der Waals surface area contributed by atoms with E-state index in [0.717, 1.165) is 49.4 Å². The molecule has 1 aromatic carbocycles. The fraction of sp³-hybridized carbons (Fsp3) is 0.500. The second kappa shape index (κ2) is 5.33. The average molecular weight is 325 g/mol. The summed E-state index contributed by atoms with van der Waals surface area (Å²) in [5.74, 6) is 2.54. The van der Waals surface area contributed by atoms with Crippen molar-refractivity contribution in [2.75, 3.05) is 13.2 Å². The molecule has 6 nitrogen and oxygen atoms in total. The molecule has 5 rings (SSSR count). The van der Waals surface area contributed by atoms with Gasteiger partial charge in [-0.1, -0.05) is 23.4 Å². The van der Waals surface area contributed by atoms with E-state index in [1.165, 1.54) is 0 Å². The van der Waals surface area contributed by atoms with E-state index in [1.807, 2.05) is 29.2 Å². The smallest absolute Gasteiger partial charge is 0.234 e. The van der Waals surface area contributed by atoms with Crippen LogP contribution in [0.15, 0.2) is 28.8 Å². The number of para-hydroxylation sites is 1. The Hall–Kier alpha value is -2.37. The first-order valence-corrected chi connectivity index (χ1v) is 8.67. The molecule has 6 heteroatoms. The Morgan fingerprint density at radius 1 is 1.21 bits per heavy atom. The van der Waals surface area contributed by atoms with Crippen molar-refractivity contribution >= 4 is 5.91 Å². The van der Waals surface area contributed by atoms with Crippen molar-refractivity contribution in [2.24, 2.45) is 0 Å². The Balaban J connectivity index is 1.40. The van der Waals surface area contributed by atoms with Gasteiger partial charge in [0.25, 0.3) is 0 Å². The summed E-state index contributed by atoms with van der Waals surface area (Å²) >= 11 is 0. The van der Waals surface area contributed by atoms with Crippen LogP contribution in [0.3, 0.4) is 0 Å². The van der Waals surface area contributed by atoms with Crippen LogP contribution in [0.2, 0.25) is 0 Å². The van der Waals surface area contributed by atoms with Gasteiger partial charge in [0.05, 0.1) is 6.04 Å². The van der Waals surface area contributed by atoms with Crippen molar-refractivity contribution in [3.8, 4) is 5.75 Å². The zero-order valence-corrected chi connectivity index (χ0v) is 13.4. The molecule has 0 N–H and O–H groups in total. The first kappa shape index (κ1) is 14.0. The first-order valence-electron chi connectivity index (χ1n) is 8.67. The summed E-state index contributed by atoms with van der Waals surface area (Å²) in [5.41, 5.74) is 0.986. The highest BCUT2D eigenvalue weighted by Crippen LogP contribution is 2.41. The number of fused-ring (bicyclic) bond motifs is 1. The number of likely N-dealkylation sites (tertiary alicyclic amines) is 1. The highest BCUT2D eigenvalue weighted by Gasteiger charge is 2.40. The first-order chi connectivity index (χ1) is 11.8. The number of nitrogens with zero attached hydrogens (tertiary/aromatic N) is 3. The van der Waals surface area contributed by atoms with Gasteiger partial charge in [-0.15, -0.1) is 0 Å². The normalized spacial score (nSPS) is 25.6. The van der Waals surface area contributed by atoms with Gasteiger partial charge < -0.3 is 14.2 Å². The summed E-state index contributed by atoms with van der Waals surface area (Å²) < 4.78 is 11.1. The Bertz CT molecular complexity index is 783. The molecule has 2 fully saturated rings. The summed E-state index contributed by atoms with van der Waals surface area (Å²) in [7, 11) is 0. The lowest BCUT2D eigenvalue weighted by Crippen LogP contribution is -2.35. The zero-order chi connectivity index (χ0) is 16.1. The standard InChI is InChI=1S/C18H19N3O3/c22-18(13-10-23-15-6-2-1-4-12(13)15)21-9-3-5-14(21)16-19-17(24-20-16)11-7-8-11/h1-2,4,6,11,13-14H,3,5,7-10H2/t13-,14+/m1/s1. The molecule has 124 valence electrons. The number of rotatable bonds is 3. The minimum Gasteiger partial charge on any atom is -0.492 e. The van der Waals surface area contributed by atoms with Gasteiger partial charge >= 0.3 is 0 Å². The largest absolute Gasteiger partial charge is 0.492 e. The van der Waals surface area contributed by atoms with Crippen LogP contribution in [-0.2, 0) is 4.79 Å². The molecule has 2 atom stereocenters. The predicted molar refractivity (Wildman–Crippen MR) is 84.6 cm³/mol. The lowest BCUT2D eigenvalue weighted by Gasteiger charge is -2.25. The lowest BCUT2D eigenvalue weighted by atomic mass is 9.99. The van der Waals surface area contributed by atoms with Crippen molar-refractivity contribution in [3.63, 3.8) is 0 Å². The number of carbonyl (C=O) groups is 1. The van der Waals surface area contributed by atoms with Crippen LogP contribution in [0.1, 0.15) is 60.8 Å². The maximum Gasteiger partial charge on any atom is 0.234 e. The van der Waals surface area contributed by atoms with Gasteiger partial charge in [-0.25, -0.2) is 0 Å². The van der Waals surface area contributed by atoms with Gasteiger partial charge in [0.15, 0.2) is 5.82 Å². The minimum atomic E-state index is -0.225. The summed E-state index contributed by atoms with van der Waals surface area (Å²) in [6.45, 7) is 1.16. The monoisotopic (exact) mass is 325 g/mol. The molecule has 0 unspecified atom stereocenters. The number of carbonyl (C=O) groups excluding carboxylic acids is 1. The van der Waals surface area contributed by atoms with Crippen molar-refractivity contribution in [1.29, 1.82) is 0 Å². The third kappa shape index (κ3) is 2.20. The van der Waals surface area contributed by atoms with E-state index in [4.69, 9.17) is 9.26 Å². The maximum absolute atomic E-state index is 13.1. The van der Waals surface area contributed by atoms with E-state index in [9.17, 15) is 4.79 Å². The van der Waals surface area contributed by atoms with E-state index >= 15 is 0 Å². The van der Waals surface area contributed by atoms with Gasteiger partial charge in [-0.05, 0) is 31.7 Å². The Labute approximate surface area is 139 Å². The van der Waals surface area contributed by atoms with Crippen molar-refractivity contribution < 1.29 is 14.1 Å². The van der Waals surface area contributed by atoms with Crippen LogP contribution in [0, 0.1) is 0 Å². The zero-order valence-electron chi connectivity index (χ0n) is 13.4. The van der Waals surface area contributed by atoms with E-state index in [2.05, 4.69) is 10.1 Å². The molecule has 0 spiro atoms. The molecule has 0 radical (unpaired) electrons. The SMILES string of the molecule is O=C([C@@H]1COc2ccccc21)N1CCC[C@H]1c1noc(C2CC2)n1. The molecule has 0 bridgehead atoms. The number of aromatic nitrogens is 2. The summed E-state index contributed by atoms with van der Waals surface area (Å²) in [4.78, 5) is 19.6. The van der Waals surface area contributed by atoms with Crippen molar-refractivity contribution in [3.05, 3.63) is 41.5 Å². The fourth-order valence-corrected chi connectivity index (χ4v) is 3.74. The van der Waals surface area contributed by atoms with Crippen LogP contribution < -0.4 is 4.74 Å². The van der Waals surface area contributed by atoms with Crippen LogP contribution in [0.5, 0.6) is 5.75 Å². The Kier molecular flexibility index (Phi) is 3.11. The number of ether oxygens (including phenoxy) is 1. The lowest BCUT2D eigenvalue weighted by molar-refractivity contribution is -0.134. The molecular weight excluding hydrogens is 306 g/mol.